The minimum atomic E-state index is -0.155. The number of carbonyl (C=O) groups excluding carboxylic acids is 1. The van der Waals surface area contributed by atoms with Gasteiger partial charge in [-0.15, -0.1) is 0 Å². The summed E-state index contributed by atoms with van der Waals surface area (Å²) in [6.45, 7) is 5.31. The Morgan fingerprint density at radius 2 is 1.86 bits per heavy atom. The molecule has 0 aliphatic carbocycles. The number of benzene rings is 1. The van der Waals surface area contributed by atoms with E-state index in [4.69, 9.17) is 4.42 Å². The maximum absolute atomic E-state index is 12.0. The number of furan rings is 1. The fourth-order valence-corrected chi connectivity index (χ4v) is 3.80. The number of rotatable bonds is 7. The van der Waals surface area contributed by atoms with Gasteiger partial charge < -0.3 is 20.0 Å². The van der Waals surface area contributed by atoms with Crippen LogP contribution in [0.15, 0.2) is 52.1 Å². The molecule has 1 fully saturated rings. The molecule has 1 aliphatic rings. The van der Waals surface area contributed by atoms with Crippen LogP contribution in [0.5, 0.6) is 0 Å². The predicted molar refractivity (Wildman–Crippen MR) is 116 cm³/mol. The van der Waals surface area contributed by atoms with E-state index in [2.05, 4.69) is 50.9 Å². The van der Waals surface area contributed by atoms with Crippen LogP contribution in [0.25, 0.3) is 0 Å². The third kappa shape index (κ3) is 6.11. The standard InChI is InChI=1S/C23H32N4O2/c1-18-11-16-29-21(18)22(28)25-12-6-13-26-23(24-2)27-14-9-20(10-15-27)17-19-7-4-3-5-8-19/h3-5,7-8,11,16,20H,6,9-10,12-15,17H2,1-2H3,(H,24,26)(H,25,28). The highest BCUT2D eigenvalue weighted by atomic mass is 16.3. The van der Waals surface area contributed by atoms with Crippen molar-refractivity contribution in [1.82, 2.24) is 15.5 Å². The molecule has 1 aromatic heterocycles. The summed E-state index contributed by atoms with van der Waals surface area (Å²) < 4.78 is 5.21. The van der Waals surface area contributed by atoms with Gasteiger partial charge in [-0.25, -0.2) is 0 Å². The summed E-state index contributed by atoms with van der Waals surface area (Å²) in [4.78, 5) is 18.8. The molecule has 0 unspecified atom stereocenters. The summed E-state index contributed by atoms with van der Waals surface area (Å²) in [7, 11) is 1.83. The molecular weight excluding hydrogens is 364 g/mol. The van der Waals surface area contributed by atoms with Gasteiger partial charge in [0, 0.05) is 38.8 Å². The lowest BCUT2D eigenvalue weighted by Crippen LogP contribution is -2.46. The number of hydrogen-bond acceptors (Lipinski definition) is 3. The lowest BCUT2D eigenvalue weighted by atomic mass is 9.90. The molecule has 156 valence electrons. The van der Waals surface area contributed by atoms with Crippen LogP contribution in [0.3, 0.4) is 0 Å². The van der Waals surface area contributed by atoms with Crippen LogP contribution in [0.2, 0.25) is 0 Å². The van der Waals surface area contributed by atoms with E-state index in [1.807, 2.05) is 14.0 Å². The Balaban J connectivity index is 1.33. The molecule has 2 heterocycles. The third-order valence-corrected chi connectivity index (χ3v) is 5.48. The molecule has 0 bridgehead atoms. The van der Waals surface area contributed by atoms with Crippen molar-refractivity contribution in [1.29, 1.82) is 0 Å². The van der Waals surface area contributed by atoms with Crippen LogP contribution in [-0.4, -0.2) is 50.0 Å². The number of nitrogens with zero attached hydrogens (tertiary/aromatic N) is 2. The molecule has 1 amide bonds. The van der Waals surface area contributed by atoms with E-state index in [-0.39, 0.29) is 5.91 Å². The molecule has 0 atom stereocenters. The molecule has 3 rings (SSSR count). The number of piperidine rings is 1. The van der Waals surface area contributed by atoms with Crippen molar-refractivity contribution in [2.24, 2.45) is 10.9 Å². The molecule has 1 aromatic carbocycles. The zero-order valence-electron chi connectivity index (χ0n) is 17.5. The molecule has 0 saturated carbocycles. The highest BCUT2D eigenvalue weighted by Gasteiger charge is 2.21. The lowest BCUT2D eigenvalue weighted by molar-refractivity contribution is 0.0925. The van der Waals surface area contributed by atoms with Crippen LogP contribution in [0, 0.1) is 12.8 Å². The Bertz CT molecular complexity index is 792. The van der Waals surface area contributed by atoms with Crippen molar-refractivity contribution < 1.29 is 9.21 Å². The summed E-state index contributed by atoms with van der Waals surface area (Å²) >= 11 is 0. The SMILES string of the molecule is CN=C(NCCCNC(=O)c1occc1C)N1CCC(Cc2ccccc2)CC1. The third-order valence-electron chi connectivity index (χ3n) is 5.48. The first-order valence-electron chi connectivity index (χ1n) is 10.5. The Morgan fingerprint density at radius 3 is 2.52 bits per heavy atom. The van der Waals surface area contributed by atoms with Gasteiger partial charge in [0.05, 0.1) is 6.26 Å². The van der Waals surface area contributed by atoms with Crippen LogP contribution in [0.1, 0.15) is 40.9 Å². The first-order chi connectivity index (χ1) is 14.2. The van der Waals surface area contributed by atoms with Gasteiger partial charge in [0.25, 0.3) is 5.91 Å². The van der Waals surface area contributed by atoms with E-state index in [0.717, 1.165) is 49.9 Å². The Morgan fingerprint density at radius 1 is 1.14 bits per heavy atom. The molecule has 6 nitrogen and oxygen atoms in total. The number of aryl methyl sites for hydroxylation is 1. The monoisotopic (exact) mass is 396 g/mol. The number of carbonyl (C=O) groups is 1. The van der Waals surface area contributed by atoms with Crippen LogP contribution in [0.4, 0.5) is 0 Å². The molecule has 29 heavy (non-hydrogen) atoms. The average molecular weight is 397 g/mol. The summed E-state index contributed by atoms with van der Waals surface area (Å²) in [5.74, 6) is 1.94. The van der Waals surface area contributed by atoms with Gasteiger partial charge in [0.2, 0.25) is 0 Å². The van der Waals surface area contributed by atoms with Gasteiger partial charge in [0.15, 0.2) is 11.7 Å². The lowest BCUT2D eigenvalue weighted by Gasteiger charge is -2.34. The van der Waals surface area contributed by atoms with Crippen molar-refractivity contribution in [2.45, 2.75) is 32.6 Å². The molecule has 0 spiro atoms. The second kappa shape index (κ2) is 10.7. The topological polar surface area (TPSA) is 69.9 Å². The van der Waals surface area contributed by atoms with Crippen molar-refractivity contribution in [3.05, 3.63) is 59.5 Å². The largest absolute Gasteiger partial charge is 0.459 e. The maximum atomic E-state index is 12.0. The summed E-state index contributed by atoms with van der Waals surface area (Å²) in [6.07, 6.45) is 5.91. The first-order valence-corrected chi connectivity index (χ1v) is 10.5. The normalized spacial score (nSPS) is 15.4. The number of guanidine groups is 1. The second-order valence-electron chi connectivity index (χ2n) is 7.64. The molecule has 2 N–H and O–H groups in total. The Hall–Kier alpha value is -2.76. The van der Waals surface area contributed by atoms with E-state index in [1.165, 1.54) is 18.4 Å². The number of likely N-dealkylation sites (tertiary alicyclic amines) is 1. The van der Waals surface area contributed by atoms with Gasteiger partial charge >= 0.3 is 0 Å². The highest BCUT2D eigenvalue weighted by molar-refractivity contribution is 5.92. The van der Waals surface area contributed by atoms with E-state index in [1.54, 1.807) is 12.3 Å². The summed E-state index contributed by atoms with van der Waals surface area (Å²) in [5.41, 5.74) is 2.29. The van der Waals surface area contributed by atoms with E-state index in [0.29, 0.717) is 12.3 Å². The molecule has 1 saturated heterocycles. The highest BCUT2D eigenvalue weighted by Crippen LogP contribution is 2.21. The molecule has 6 heteroatoms. The zero-order chi connectivity index (χ0) is 20.5. The number of hydrogen-bond donors (Lipinski definition) is 2. The van der Waals surface area contributed by atoms with E-state index in [9.17, 15) is 4.79 Å². The van der Waals surface area contributed by atoms with Crippen LogP contribution >= 0.6 is 0 Å². The van der Waals surface area contributed by atoms with Gasteiger partial charge in [-0.05, 0) is 50.2 Å². The smallest absolute Gasteiger partial charge is 0.287 e. The first kappa shape index (κ1) is 21.0. The average Bonchev–Trinajstić information content (AvgIpc) is 3.18. The minimum absolute atomic E-state index is 0.155. The van der Waals surface area contributed by atoms with Crippen molar-refractivity contribution in [3.8, 4) is 0 Å². The number of aliphatic imine (C=N–C) groups is 1. The summed E-state index contributed by atoms with van der Waals surface area (Å²) in [5, 5.41) is 6.32. The maximum Gasteiger partial charge on any atom is 0.287 e. The fourth-order valence-electron chi connectivity index (χ4n) is 3.80. The van der Waals surface area contributed by atoms with Crippen molar-refractivity contribution >= 4 is 11.9 Å². The van der Waals surface area contributed by atoms with Crippen molar-refractivity contribution in [2.75, 3.05) is 33.2 Å². The molecule has 0 radical (unpaired) electrons. The van der Waals surface area contributed by atoms with Crippen LogP contribution in [-0.2, 0) is 6.42 Å². The van der Waals surface area contributed by atoms with Gasteiger partial charge in [-0.2, -0.15) is 0 Å². The van der Waals surface area contributed by atoms with Gasteiger partial charge in [0.1, 0.15) is 0 Å². The fraction of sp³-hybridized carbons (Fsp3) is 0.478. The minimum Gasteiger partial charge on any atom is -0.459 e. The molecule has 1 aliphatic heterocycles. The summed E-state index contributed by atoms with van der Waals surface area (Å²) in [6, 6.07) is 12.6. The molecule has 2 aromatic rings. The quantitative estimate of drug-likeness (QED) is 0.428. The van der Waals surface area contributed by atoms with Gasteiger partial charge in [-0.3, -0.25) is 9.79 Å². The second-order valence-corrected chi connectivity index (χ2v) is 7.64. The zero-order valence-corrected chi connectivity index (χ0v) is 17.5. The van der Waals surface area contributed by atoms with E-state index < -0.39 is 0 Å². The van der Waals surface area contributed by atoms with E-state index >= 15 is 0 Å². The number of amides is 1. The molecular formula is C23H32N4O2. The number of nitrogens with one attached hydrogen (secondary N) is 2. The van der Waals surface area contributed by atoms with Crippen LogP contribution < -0.4 is 10.6 Å². The Labute approximate surface area is 173 Å². The predicted octanol–water partition coefficient (Wildman–Crippen LogP) is 3.24. The Kier molecular flexibility index (Phi) is 7.73. The van der Waals surface area contributed by atoms with Gasteiger partial charge in [-0.1, -0.05) is 30.3 Å². The van der Waals surface area contributed by atoms with Crippen molar-refractivity contribution in [3.63, 3.8) is 0 Å².